The fraction of sp³-hybridized carbons (Fsp3) is 0.650. The van der Waals surface area contributed by atoms with Gasteiger partial charge in [-0.05, 0) is 72.6 Å². The lowest BCUT2D eigenvalue weighted by Crippen LogP contribution is -2.52. The number of anilines is 1. The van der Waals surface area contributed by atoms with E-state index in [-0.39, 0.29) is 11.3 Å². The summed E-state index contributed by atoms with van der Waals surface area (Å²) in [5.74, 6) is -0.0248. The highest BCUT2D eigenvalue weighted by Crippen LogP contribution is 2.57. The molecule has 3 nitrogen and oxygen atoms in total. The highest BCUT2D eigenvalue weighted by molar-refractivity contribution is 5.75. The molecule has 3 heteroatoms. The zero-order valence-electron chi connectivity index (χ0n) is 14.8. The maximum absolute atomic E-state index is 12.0. The van der Waals surface area contributed by atoms with Crippen LogP contribution in [0.2, 0.25) is 0 Å². The predicted molar refractivity (Wildman–Crippen MR) is 93.7 cm³/mol. The van der Waals surface area contributed by atoms with Crippen molar-refractivity contribution in [3.63, 3.8) is 0 Å². The number of fused-ring (bicyclic) bond motifs is 3. The molecule has 3 N–H and O–H groups in total. The van der Waals surface area contributed by atoms with Gasteiger partial charge >= 0.3 is 5.97 Å². The Hall–Kier alpha value is -1.51. The number of hydrogen-bond acceptors (Lipinski definition) is 2. The zero-order valence-corrected chi connectivity index (χ0v) is 14.8. The van der Waals surface area contributed by atoms with E-state index < -0.39 is 11.4 Å². The molecule has 3 atom stereocenters. The van der Waals surface area contributed by atoms with E-state index in [4.69, 9.17) is 5.73 Å². The molecule has 126 valence electrons. The number of carbonyl (C=O) groups is 1. The SMILES string of the molecule is CC(C)c1cc2c(cc1N)[C@@]1(C)CCC[C@@](C)(C(=O)O)[C@@H]1CC2. The van der Waals surface area contributed by atoms with Crippen molar-refractivity contribution < 1.29 is 9.90 Å². The van der Waals surface area contributed by atoms with Crippen LogP contribution >= 0.6 is 0 Å². The molecule has 1 aromatic carbocycles. The Balaban J connectivity index is 2.13. The molecule has 0 radical (unpaired) electrons. The fourth-order valence-corrected chi connectivity index (χ4v) is 5.31. The summed E-state index contributed by atoms with van der Waals surface area (Å²) >= 11 is 0. The Morgan fingerprint density at radius 1 is 1.30 bits per heavy atom. The van der Waals surface area contributed by atoms with Crippen LogP contribution in [0.1, 0.15) is 76.0 Å². The van der Waals surface area contributed by atoms with E-state index in [9.17, 15) is 9.90 Å². The molecule has 2 aliphatic carbocycles. The zero-order chi connectivity index (χ0) is 17.0. The Bertz CT molecular complexity index is 651. The van der Waals surface area contributed by atoms with E-state index in [1.54, 1.807) is 0 Å². The van der Waals surface area contributed by atoms with Gasteiger partial charge < -0.3 is 10.8 Å². The number of aliphatic carboxylic acids is 1. The molecule has 1 fully saturated rings. The van der Waals surface area contributed by atoms with E-state index in [1.807, 2.05) is 6.92 Å². The summed E-state index contributed by atoms with van der Waals surface area (Å²) in [5, 5.41) is 9.85. The first-order chi connectivity index (χ1) is 10.7. The number of benzene rings is 1. The Morgan fingerprint density at radius 3 is 2.61 bits per heavy atom. The molecule has 1 aromatic rings. The van der Waals surface area contributed by atoms with Crippen LogP contribution in [-0.4, -0.2) is 11.1 Å². The lowest BCUT2D eigenvalue weighted by Gasteiger charge is -2.53. The van der Waals surface area contributed by atoms with Crippen molar-refractivity contribution in [2.24, 2.45) is 11.3 Å². The average Bonchev–Trinajstić information content (AvgIpc) is 2.46. The first-order valence-corrected chi connectivity index (χ1v) is 8.86. The van der Waals surface area contributed by atoms with Gasteiger partial charge in [0.2, 0.25) is 0 Å². The summed E-state index contributed by atoms with van der Waals surface area (Å²) in [4.78, 5) is 12.0. The lowest BCUT2D eigenvalue weighted by molar-refractivity contribution is -0.157. The first kappa shape index (κ1) is 16.4. The van der Waals surface area contributed by atoms with Gasteiger partial charge in [0.1, 0.15) is 0 Å². The summed E-state index contributed by atoms with van der Waals surface area (Å²) in [6.07, 6.45) is 4.76. The van der Waals surface area contributed by atoms with Gasteiger partial charge in [0.15, 0.2) is 0 Å². The van der Waals surface area contributed by atoms with E-state index in [1.165, 1.54) is 16.7 Å². The first-order valence-electron chi connectivity index (χ1n) is 8.86. The second-order valence-corrected chi connectivity index (χ2v) is 8.38. The van der Waals surface area contributed by atoms with Crippen molar-refractivity contribution in [1.82, 2.24) is 0 Å². The number of nitrogen functional groups attached to an aromatic ring is 1. The number of rotatable bonds is 2. The molecule has 1 saturated carbocycles. The number of hydrogen-bond donors (Lipinski definition) is 2. The summed E-state index contributed by atoms with van der Waals surface area (Å²) in [7, 11) is 0. The molecular weight excluding hydrogens is 286 g/mol. The van der Waals surface area contributed by atoms with Gasteiger partial charge in [-0.3, -0.25) is 4.79 Å². The van der Waals surface area contributed by atoms with Gasteiger partial charge in [0.25, 0.3) is 0 Å². The largest absolute Gasteiger partial charge is 0.481 e. The third-order valence-electron chi connectivity index (χ3n) is 6.67. The maximum Gasteiger partial charge on any atom is 0.309 e. The van der Waals surface area contributed by atoms with Gasteiger partial charge in [0.05, 0.1) is 5.41 Å². The van der Waals surface area contributed by atoms with Crippen molar-refractivity contribution in [2.45, 2.75) is 71.1 Å². The monoisotopic (exact) mass is 315 g/mol. The molecule has 2 aliphatic rings. The number of aryl methyl sites for hydroxylation is 1. The van der Waals surface area contributed by atoms with Gasteiger partial charge in [-0.2, -0.15) is 0 Å². The van der Waals surface area contributed by atoms with Crippen LogP contribution < -0.4 is 5.73 Å². The maximum atomic E-state index is 12.0. The molecule has 0 unspecified atom stereocenters. The van der Waals surface area contributed by atoms with E-state index in [0.717, 1.165) is 37.8 Å². The average molecular weight is 315 g/mol. The normalized spacial score (nSPS) is 33.2. The Kier molecular flexibility index (Phi) is 3.74. The molecule has 0 aromatic heterocycles. The van der Waals surface area contributed by atoms with E-state index in [0.29, 0.717) is 5.92 Å². The van der Waals surface area contributed by atoms with Crippen molar-refractivity contribution in [2.75, 3.05) is 5.73 Å². The standard InChI is InChI=1S/C20H29NO2/c1-12(2)14-10-13-6-7-17-19(3,15(13)11-16(14)21)8-5-9-20(17,4)18(22)23/h10-12,17H,5-9,21H2,1-4H3,(H,22,23)/t17-,19-,20-/m1/s1. The van der Waals surface area contributed by atoms with Crippen LogP contribution in [0.15, 0.2) is 12.1 Å². The lowest BCUT2D eigenvalue weighted by atomic mass is 9.49. The second kappa shape index (κ2) is 5.25. The quantitative estimate of drug-likeness (QED) is 0.791. The minimum Gasteiger partial charge on any atom is -0.481 e. The predicted octanol–water partition coefficient (Wildman–Crippen LogP) is 4.49. The Labute approximate surface area is 139 Å². The third-order valence-corrected chi connectivity index (χ3v) is 6.67. The molecule has 0 bridgehead atoms. The number of carboxylic acids is 1. The van der Waals surface area contributed by atoms with Crippen LogP contribution in [0.4, 0.5) is 5.69 Å². The van der Waals surface area contributed by atoms with Crippen molar-refractivity contribution >= 4 is 11.7 Å². The van der Waals surface area contributed by atoms with Crippen molar-refractivity contribution in [1.29, 1.82) is 0 Å². The summed E-state index contributed by atoms with van der Waals surface area (Å²) in [5.41, 5.74) is 10.4. The summed E-state index contributed by atoms with van der Waals surface area (Å²) in [6.45, 7) is 8.57. The molecule has 0 saturated heterocycles. The van der Waals surface area contributed by atoms with Gasteiger partial charge in [-0.15, -0.1) is 0 Å². The van der Waals surface area contributed by atoms with E-state index in [2.05, 4.69) is 32.9 Å². The molecular formula is C20H29NO2. The summed E-state index contributed by atoms with van der Waals surface area (Å²) < 4.78 is 0. The fourth-order valence-electron chi connectivity index (χ4n) is 5.31. The molecule has 0 spiro atoms. The van der Waals surface area contributed by atoms with Gasteiger partial charge in [0, 0.05) is 5.69 Å². The molecule has 0 amide bonds. The third kappa shape index (κ3) is 2.28. The number of nitrogens with two attached hydrogens (primary N) is 1. The topological polar surface area (TPSA) is 63.3 Å². The summed E-state index contributed by atoms with van der Waals surface area (Å²) in [6, 6.07) is 4.44. The Morgan fingerprint density at radius 2 is 2.00 bits per heavy atom. The smallest absolute Gasteiger partial charge is 0.309 e. The molecule has 23 heavy (non-hydrogen) atoms. The van der Waals surface area contributed by atoms with E-state index >= 15 is 0 Å². The van der Waals surface area contributed by atoms with Crippen LogP contribution in [0.3, 0.4) is 0 Å². The minimum atomic E-state index is -0.636. The van der Waals surface area contributed by atoms with Crippen LogP contribution in [0.25, 0.3) is 0 Å². The second-order valence-electron chi connectivity index (χ2n) is 8.38. The molecule has 0 heterocycles. The molecule has 0 aliphatic heterocycles. The highest BCUT2D eigenvalue weighted by atomic mass is 16.4. The number of carboxylic acid groups (broad SMARTS) is 1. The molecule has 3 rings (SSSR count). The van der Waals surface area contributed by atoms with Crippen LogP contribution in [0.5, 0.6) is 0 Å². The van der Waals surface area contributed by atoms with Crippen LogP contribution in [0, 0.1) is 11.3 Å². The van der Waals surface area contributed by atoms with Gasteiger partial charge in [-0.1, -0.05) is 33.3 Å². The van der Waals surface area contributed by atoms with Crippen LogP contribution in [-0.2, 0) is 16.6 Å². The van der Waals surface area contributed by atoms with Crippen molar-refractivity contribution in [3.8, 4) is 0 Å². The van der Waals surface area contributed by atoms with Gasteiger partial charge in [-0.25, -0.2) is 0 Å². The highest BCUT2D eigenvalue weighted by Gasteiger charge is 2.55. The van der Waals surface area contributed by atoms with Crippen molar-refractivity contribution in [3.05, 3.63) is 28.8 Å². The minimum absolute atomic E-state index is 0.0669.